The summed E-state index contributed by atoms with van der Waals surface area (Å²) in [7, 11) is 1.71. The molecule has 0 atom stereocenters. The van der Waals surface area contributed by atoms with Crippen molar-refractivity contribution in [2.45, 2.75) is 32.1 Å². The Hall–Kier alpha value is -2.11. The largest absolute Gasteiger partial charge is 0.356 e. The van der Waals surface area contributed by atoms with Crippen LogP contribution in [0.2, 0.25) is 0 Å². The van der Waals surface area contributed by atoms with Gasteiger partial charge in [0, 0.05) is 38.0 Å². The van der Waals surface area contributed by atoms with Gasteiger partial charge in [-0.2, -0.15) is 0 Å². The van der Waals surface area contributed by atoms with Gasteiger partial charge in [0.2, 0.25) is 5.91 Å². The van der Waals surface area contributed by atoms with Crippen LogP contribution in [-0.2, 0) is 10.2 Å². The molecule has 1 aliphatic carbocycles. The third-order valence-electron chi connectivity index (χ3n) is 4.35. The lowest BCUT2D eigenvalue weighted by Gasteiger charge is -2.19. The Kier molecular flexibility index (Phi) is 6.17. The van der Waals surface area contributed by atoms with E-state index in [4.69, 9.17) is 0 Å². The Morgan fingerprint density at radius 1 is 1.25 bits per heavy atom. The minimum absolute atomic E-state index is 0.00553. The monoisotopic (exact) mass is 334 g/mol. The summed E-state index contributed by atoms with van der Waals surface area (Å²) < 4.78 is 13.4. The van der Waals surface area contributed by atoms with Gasteiger partial charge in [0.1, 0.15) is 5.82 Å². The van der Waals surface area contributed by atoms with Crippen LogP contribution in [0.1, 0.15) is 32.3 Å². The highest BCUT2D eigenvalue weighted by Crippen LogP contribution is 2.47. The van der Waals surface area contributed by atoms with Gasteiger partial charge in [-0.1, -0.05) is 26.0 Å². The highest BCUT2D eigenvalue weighted by atomic mass is 19.1. The maximum absolute atomic E-state index is 13.4. The van der Waals surface area contributed by atoms with E-state index in [1.807, 2.05) is 19.9 Å². The molecule has 0 bridgehead atoms. The number of carbonyl (C=O) groups is 1. The molecule has 5 nitrogen and oxygen atoms in total. The second kappa shape index (κ2) is 8.13. The van der Waals surface area contributed by atoms with E-state index in [1.165, 1.54) is 6.07 Å². The number of benzene rings is 1. The Labute approximate surface area is 143 Å². The molecule has 2 rings (SSSR count). The molecule has 132 valence electrons. The van der Waals surface area contributed by atoms with Gasteiger partial charge in [0.15, 0.2) is 5.96 Å². The third-order valence-corrected chi connectivity index (χ3v) is 4.35. The predicted octanol–water partition coefficient (Wildman–Crippen LogP) is 1.79. The number of nitrogens with one attached hydrogen (secondary N) is 3. The zero-order valence-electron chi connectivity index (χ0n) is 14.7. The summed E-state index contributed by atoms with van der Waals surface area (Å²) >= 11 is 0. The number of carbonyl (C=O) groups excluding carboxylic acids is 1. The molecule has 1 aromatic carbocycles. The average molecular weight is 334 g/mol. The summed E-state index contributed by atoms with van der Waals surface area (Å²) in [5.74, 6) is 0.532. The molecule has 1 aromatic rings. The number of guanidine groups is 1. The summed E-state index contributed by atoms with van der Waals surface area (Å²) in [5.41, 5.74) is 1.04. The van der Waals surface area contributed by atoms with E-state index in [-0.39, 0.29) is 23.1 Å². The second-order valence-corrected chi connectivity index (χ2v) is 6.59. The zero-order valence-corrected chi connectivity index (χ0v) is 14.7. The van der Waals surface area contributed by atoms with Crippen LogP contribution >= 0.6 is 0 Å². The van der Waals surface area contributed by atoms with Crippen molar-refractivity contribution in [1.82, 2.24) is 16.0 Å². The molecule has 1 aliphatic rings. The van der Waals surface area contributed by atoms with Gasteiger partial charge in [0.25, 0.3) is 0 Å². The molecule has 3 N–H and O–H groups in total. The quantitative estimate of drug-likeness (QED) is 0.405. The van der Waals surface area contributed by atoms with Gasteiger partial charge in [-0.25, -0.2) is 4.39 Å². The van der Waals surface area contributed by atoms with Gasteiger partial charge in [-0.05, 0) is 30.5 Å². The SMILES string of the molecule is CN=C(NCCNC(=O)C(C)C)NCC1(c2cccc(F)c2)CC1. The van der Waals surface area contributed by atoms with Gasteiger partial charge >= 0.3 is 0 Å². The van der Waals surface area contributed by atoms with Gasteiger partial charge in [-0.3, -0.25) is 9.79 Å². The van der Waals surface area contributed by atoms with E-state index in [0.29, 0.717) is 25.6 Å². The van der Waals surface area contributed by atoms with E-state index >= 15 is 0 Å². The zero-order chi connectivity index (χ0) is 17.6. The average Bonchev–Trinajstić information content (AvgIpc) is 3.35. The molecule has 1 amide bonds. The minimum atomic E-state index is -0.192. The van der Waals surface area contributed by atoms with Crippen molar-refractivity contribution in [2.24, 2.45) is 10.9 Å². The Morgan fingerprint density at radius 2 is 1.96 bits per heavy atom. The lowest BCUT2D eigenvalue weighted by Crippen LogP contribution is -2.44. The highest BCUT2D eigenvalue weighted by Gasteiger charge is 2.44. The van der Waals surface area contributed by atoms with Crippen LogP contribution < -0.4 is 16.0 Å². The molecule has 0 saturated heterocycles. The number of amides is 1. The molecule has 6 heteroatoms. The van der Waals surface area contributed by atoms with Crippen molar-refractivity contribution < 1.29 is 9.18 Å². The highest BCUT2D eigenvalue weighted by molar-refractivity contribution is 5.80. The molecule has 0 spiro atoms. The first-order valence-corrected chi connectivity index (χ1v) is 8.45. The van der Waals surface area contributed by atoms with Crippen molar-refractivity contribution in [3.63, 3.8) is 0 Å². The summed E-state index contributed by atoms with van der Waals surface area (Å²) in [4.78, 5) is 15.7. The van der Waals surface area contributed by atoms with Crippen molar-refractivity contribution in [1.29, 1.82) is 0 Å². The van der Waals surface area contributed by atoms with Crippen LogP contribution in [0, 0.1) is 11.7 Å². The molecule has 0 unspecified atom stereocenters. The topological polar surface area (TPSA) is 65.5 Å². The lowest BCUT2D eigenvalue weighted by molar-refractivity contribution is -0.123. The first-order valence-electron chi connectivity index (χ1n) is 8.45. The van der Waals surface area contributed by atoms with E-state index in [1.54, 1.807) is 19.2 Å². The van der Waals surface area contributed by atoms with Crippen molar-refractivity contribution >= 4 is 11.9 Å². The molecular formula is C18H27FN4O. The molecule has 0 aliphatic heterocycles. The van der Waals surface area contributed by atoms with Crippen LogP contribution in [0.5, 0.6) is 0 Å². The number of rotatable bonds is 7. The van der Waals surface area contributed by atoms with Gasteiger partial charge in [-0.15, -0.1) is 0 Å². The molecular weight excluding hydrogens is 307 g/mol. The third kappa shape index (κ3) is 4.94. The summed E-state index contributed by atoms with van der Waals surface area (Å²) in [6.07, 6.45) is 2.09. The fraction of sp³-hybridized carbons (Fsp3) is 0.556. The predicted molar refractivity (Wildman–Crippen MR) is 94.5 cm³/mol. The fourth-order valence-electron chi connectivity index (χ4n) is 2.58. The van der Waals surface area contributed by atoms with E-state index in [9.17, 15) is 9.18 Å². The maximum atomic E-state index is 13.4. The van der Waals surface area contributed by atoms with E-state index in [2.05, 4.69) is 20.9 Å². The molecule has 1 saturated carbocycles. The number of hydrogen-bond donors (Lipinski definition) is 3. The Morgan fingerprint density at radius 3 is 2.54 bits per heavy atom. The van der Waals surface area contributed by atoms with Crippen molar-refractivity contribution in [3.8, 4) is 0 Å². The number of hydrogen-bond acceptors (Lipinski definition) is 2. The van der Waals surface area contributed by atoms with E-state index in [0.717, 1.165) is 18.4 Å². The number of aliphatic imine (C=N–C) groups is 1. The van der Waals surface area contributed by atoms with Crippen molar-refractivity contribution in [2.75, 3.05) is 26.7 Å². The Bertz CT molecular complexity index is 596. The van der Waals surface area contributed by atoms with Crippen LogP contribution in [0.25, 0.3) is 0 Å². The fourth-order valence-corrected chi connectivity index (χ4v) is 2.58. The number of halogens is 1. The molecule has 0 radical (unpaired) electrons. The smallest absolute Gasteiger partial charge is 0.222 e. The normalized spacial score (nSPS) is 16.0. The standard InChI is InChI=1S/C18H27FN4O/c1-13(2)16(24)21-9-10-22-17(20-3)23-12-18(7-8-18)14-5-4-6-15(19)11-14/h4-6,11,13H,7-10,12H2,1-3H3,(H,21,24)(H2,20,22,23). The van der Waals surface area contributed by atoms with Gasteiger partial charge in [0.05, 0.1) is 0 Å². The lowest BCUT2D eigenvalue weighted by atomic mass is 9.96. The minimum Gasteiger partial charge on any atom is -0.356 e. The van der Waals surface area contributed by atoms with E-state index < -0.39 is 0 Å². The van der Waals surface area contributed by atoms with Crippen LogP contribution in [0.15, 0.2) is 29.3 Å². The second-order valence-electron chi connectivity index (χ2n) is 6.59. The maximum Gasteiger partial charge on any atom is 0.222 e. The number of nitrogens with zero attached hydrogens (tertiary/aromatic N) is 1. The molecule has 1 fully saturated rings. The Balaban J connectivity index is 1.77. The molecule has 0 aromatic heterocycles. The summed E-state index contributed by atoms with van der Waals surface area (Å²) in [6.45, 7) is 5.60. The van der Waals surface area contributed by atoms with Crippen LogP contribution in [0.4, 0.5) is 4.39 Å². The molecule has 24 heavy (non-hydrogen) atoms. The molecule has 0 heterocycles. The summed E-state index contributed by atoms with van der Waals surface area (Å²) in [6, 6.07) is 6.83. The first-order chi connectivity index (χ1) is 11.5. The summed E-state index contributed by atoms with van der Waals surface area (Å²) in [5, 5.41) is 9.33. The first kappa shape index (κ1) is 18.2. The van der Waals surface area contributed by atoms with Crippen LogP contribution in [-0.4, -0.2) is 38.5 Å². The van der Waals surface area contributed by atoms with Gasteiger partial charge < -0.3 is 16.0 Å². The van der Waals surface area contributed by atoms with Crippen LogP contribution in [0.3, 0.4) is 0 Å². The van der Waals surface area contributed by atoms with Crippen molar-refractivity contribution in [3.05, 3.63) is 35.6 Å².